The highest BCUT2D eigenvalue weighted by Crippen LogP contribution is 2.11. The molecule has 0 radical (unpaired) electrons. The van der Waals surface area contributed by atoms with Crippen LogP contribution in [0.2, 0.25) is 0 Å². The number of carbonyl (C=O) groups is 1. The van der Waals surface area contributed by atoms with Crippen LogP contribution in [0.5, 0.6) is 0 Å². The number of anilines is 1. The maximum absolute atomic E-state index is 13.1. The van der Waals surface area contributed by atoms with E-state index in [0.717, 1.165) is 11.3 Å². The van der Waals surface area contributed by atoms with Gasteiger partial charge < -0.3 is 11.1 Å². The number of benzene rings is 1. The molecule has 6 heteroatoms. The first-order valence-electron chi connectivity index (χ1n) is 6.34. The maximum Gasteiger partial charge on any atom is 0.239 e. The van der Waals surface area contributed by atoms with Gasteiger partial charge in [-0.2, -0.15) is 5.10 Å². The van der Waals surface area contributed by atoms with E-state index in [1.165, 1.54) is 16.8 Å². The quantitative estimate of drug-likeness (QED) is 0.840. The Morgan fingerprint density at radius 2 is 2.35 bits per heavy atom. The average Bonchev–Trinajstić information content (AvgIpc) is 2.75. The topological polar surface area (TPSA) is 72.9 Å². The Kier molecular flexibility index (Phi) is 4.34. The highest BCUT2D eigenvalue weighted by molar-refractivity contribution is 5.73. The summed E-state index contributed by atoms with van der Waals surface area (Å²) in [5.41, 5.74) is 6.82. The normalized spacial score (nSPS) is 12.1. The molecule has 0 spiro atoms. The third-order valence-corrected chi connectivity index (χ3v) is 2.80. The van der Waals surface area contributed by atoms with Gasteiger partial charge in [-0.1, -0.05) is 12.1 Å². The summed E-state index contributed by atoms with van der Waals surface area (Å²) in [6.07, 6.45) is 4.04. The van der Waals surface area contributed by atoms with Crippen molar-refractivity contribution in [2.75, 3.05) is 5.32 Å². The van der Waals surface area contributed by atoms with E-state index >= 15 is 0 Å². The third-order valence-electron chi connectivity index (χ3n) is 2.80. The number of hydrogen-bond donors (Lipinski definition) is 2. The van der Waals surface area contributed by atoms with Crippen LogP contribution in [-0.2, 0) is 17.8 Å². The predicted molar refractivity (Wildman–Crippen MR) is 74.6 cm³/mol. The number of aromatic nitrogens is 2. The van der Waals surface area contributed by atoms with E-state index in [-0.39, 0.29) is 18.4 Å². The number of nitrogens with two attached hydrogens (primary N) is 1. The number of amides is 1. The lowest BCUT2D eigenvalue weighted by Crippen LogP contribution is -2.19. The first-order valence-corrected chi connectivity index (χ1v) is 6.34. The monoisotopic (exact) mass is 276 g/mol. The summed E-state index contributed by atoms with van der Waals surface area (Å²) in [4.78, 5) is 10.8. The second-order valence-corrected chi connectivity index (χ2v) is 4.77. The van der Waals surface area contributed by atoms with E-state index in [0.29, 0.717) is 6.42 Å². The van der Waals surface area contributed by atoms with Gasteiger partial charge in [0.05, 0.1) is 11.9 Å². The van der Waals surface area contributed by atoms with Crippen LogP contribution >= 0.6 is 0 Å². The van der Waals surface area contributed by atoms with Crippen LogP contribution in [0.25, 0.3) is 0 Å². The van der Waals surface area contributed by atoms with E-state index in [4.69, 9.17) is 5.73 Å². The zero-order valence-corrected chi connectivity index (χ0v) is 11.2. The van der Waals surface area contributed by atoms with E-state index in [1.54, 1.807) is 18.5 Å². The SMILES string of the molecule is CC(Cc1cccc(F)c1)Nc1cnn(CC(N)=O)c1. The van der Waals surface area contributed by atoms with Crippen LogP contribution in [0.3, 0.4) is 0 Å². The standard InChI is InChI=1S/C14H17FN4O/c1-10(5-11-3-2-4-12(15)6-11)18-13-7-17-19(8-13)9-14(16)20/h2-4,6-8,10,18H,5,9H2,1H3,(H2,16,20). The number of carbonyl (C=O) groups excluding carboxylic acids is 1. The summed E-state index contributed by atoms with van der Waals surface area (Å²) >= 11 is 0. The molecule has 1 atom stereocenters. The van der Waals surface area contributed by atoms with Gasteiger partial charge in [0, 0.05) is 12.2 Å². The van der Waals surface area contributed by atoms with Crippen molar-refractivity contribution in [3.05, 3.63) is 48.0 Å². The van der Waals surface area contributed by atoms with Gasteiger partial charge in [0.1, 0.15) is 12.4 Å². The van der Waals surface area contributed by atoms with Crippen molar-refractivity contribution in [1.82, 2.24) is 9.78 Å². The molecule has 0 saturated carbocycles. The lowest BCUT2D eigenvalue weighted by molar-refractivity contribution is -0.118. The van der Waals surface area contributed by atoms with E-state index in [1.807, 2.05) is 13.0 Å². The Bertz CT molecular complexity index is 596. The van der Waals surface area contributed by atoms with Crippen LogP contribution < -0.4 is 11.1 Å². The molecule has 0 aliphatic carbocycles. The van der Waals surface area contributed by atoms with Crippen LogP contribution in [0.4, 0.5) is 10.1 Å². The van der Waals surface area contributed by atoms with Gasteiger partial charge in [0.25, 0.3) is 0 Å². The molecule has 0 saturated heterocycles. The van der Waals surface area contributed by atoms with E-state index < -0.39 is 5.91 Å². The average molecular weight is 276 g/mol. The van der Waals surface area contributed by atoms with Crippen LogP contribution in [0.15, 0.2) is 36.7 Å². The smallest absolute Gasteiger partial charge is 0.239 e. The van der Waals surface area contributed by atoms with Crippen molar-refractivity contribution < 1.29 is 9.18 Å². The fourth-order valence-electron chi connectivity index (χ4n) is 2.04. The van der Waals surface area contributed by atoms with Crippen LogP contribution in [0.1, 0.15) is 12.5 Å². The molecular weight excluding hydrogens is 259 g/mol. The Hall–Kier alpha value is -2.37. The minimum Gasteiger partial charge on any atom is -0.380 e. The fraction of sp³-hybridized carbons (Fsp3) is 0.286. The van der Waals surface area contributed by atoms with Gasteiger partial charge in [0.2, 0.25) is 5.91 Å². The first kappa shape index (κ1) is 14.0. The van der Waals surface area contributed by atoms with Gasteiger partial charge in [-0.15, -0.1) is 0 Å². The molecule has 1 heterocycles. The molecule has 0 bridgehead atoms. The van der Waals surface area contributed by atoms with Crippen molar-refractivity contribution in [2.24, 2.45) is 5.73 Å². The molecule has 1 aromatic heterocycles. The minimum atomic E-state index is -0.438. The molecule has 0 aliphatic heterocycles. The second-order valence-electron chi connectivity index (χ2n) is 4.77. The molecule has 5 nitrogen and oxygen atoms in total. The second kappa shape index (κ2) is 6.18. The maximum atomic E-state index is 13.1. The molecule has 20 heavy (non-hydrogen) atoms. The number of nitrogens with one attached hydrogen (secondary N) is 1. The Balaban J connectivity index is 1.92. The zero-order chi connectivity index (χ0) is 14.5. The first-order chi connectivity index (χ1) is 9.52. The van der Waals surface area contributed by atoms with Crippen molar-refractivity contribution >= 4 is 11.6 Å². The van der Waals surface area contributed by atoms with Crippen molar-refractivity contribution in [2.45, 2.75) is 25.9 Å². The summed E-state index contributed by atoms with van der Waals surface area (Å²) in [7, 11) is 0. The highest BCUT2D eigenvalue weighted by atomic mass is 19.1. The summed E-state index contributed by atoms with van der Waals surface area (Å²) in [5.74, 6) is -0.670. The third kappa shape index (κ3) is 4.08. The molecule has 106 valence electrons. The van der Waals surface area contributed by atoms with E-state index in [9.17, 15) is 9.18 Å². The Morgan fingerprint density at radius 1 is 1.55 bits per heavy atom. The molecule has 2 rings (SSSR count). The van der Waals surface area contributed by atoms with Crippen molar-refractivity contribution in [1.29, 1.82) is 0 Å². The molecule has 0 aliphatic rings. The lowest BCUT2D eigenvalue weighted by atomic mass is 10.1. The number of rotatable bonds is 6. The molecule has 0 fully saturated rings. The van der Waals surface area contributed by atoms with Gasteiger partial charge in [-0.25, -0.2) is 4.39 Å². The molecule has 1 aromatic carbocycles. The number of primary amides is 1. The summed E-state index contributed by atoms with van der Waals surface area (Å²) < 4.78 is 14.6. The molecule has 1 unspecified atom stereocenters. The van der Waals surface area contributed by atoms with Gasteiger partial charge >= 0.3 is 0 Å². The van der Waals surface area contributed by atoms with Crippen molar-refractivity contribution in [3.63, 3.8) is 0 Å². The van der Waals surface area contributed by atoms with Crippen LogP contribution in [0, 0.1) is 5.82 Å². The highest BCUT2D eigenvalue weighted by Gasteiger charge is 2.07. The number of halogens is 1. The lowest BCUT2D eigenvalue weighted by Gasteiger charge is -2.13. The summed E-state index contributed by atoms with van der Waals surface area (Å²) in [6, 6.07) is 6.65. The number of nitrogens with zero attached hydrogens (tertiary/aromatic N) is 2. The molecule has 1 amide bonds. The van der Waals surface area contributed by atoms with Gasteiger partial charge in [0.15, 0.2) is 0 Å². The zero-order valence-electron chi connectivity index (χ0n) is 11.2. The van der Waals surface area contributed by atoms with E-state index in [2.05, 4.69) is 10.4 Å². The van der Waals surface area contributed by atoms with Gasteiger partial charge in [-0.05, 0) is 31.0 Å². The Labute approximate surface area is 116 Å². The summed E-state index contributed by atoms with van der Waals surface area (Å²) in [5, 5.41) is 7.27. The fourth-order valence-corrected chi connectivity index (χ4v) is 2.04. The minimum absolute atomic E-state index is 0.0555. The molecule has 3 N–H and O–H groups in total. The molecular formula is C14H17FN4O. The predicted octanol–water partition coefficient (Wildman–Crippen LogP) is 1.55. The largest absolute Gasteiger partial charge is 0.380 e. The summed E-state index contributed by atoms with van der Waals surface area (Å²) in [6.45, 7) is 2.05. The van der Waals surface area contributed by atoms with Gasteiger partial charge in [-0.3, -0.25) is 9.48 Å². The van der Waals surface area contributed by atoms with Crippen molar-refractivity contribution in [3.8, 4) is 0 Å². The Morgan fingerprint density at radius 3 is 3.05 bits per heavy atom. The number of hydrogen-bond acceptors (Lipinski definition) is 3. The van der Waals surface area contributed by atoms with Crippen LogP contribution in [-0.4, -0.2) is 21.7 Å². The molecule has 2 aromatic rings.